The van der Waals surface area contributed by atoms with Gasteiger partial charge in [-0.1, -0.05) is 6.07 Å². The van der Waals surface area contributed by atoms with Gasteiger partial charge in [0.25, 0.3) is 0 Å². The summed E-state index contributed by atoms with van der Waals surface area (Å²) in [7, 11) is 0. The van der Waals surface area contributed by atoms with Crippen LogP contribution in [0.1, 0.15) is 18.4 Å². The van der Waals surface area contributed by atoms with Crippen LogP contribution in [0.3, 0.4) is 0 Å². The lowest BCUT2D eigenvalue weighted by atomic mass is 9.96. The van der Waals surface area contributed by atoms with E-state index in [0.717, 1.165) is 5.69 Å². The molecule has 0 N–H and O–H groups in total. The molecule has 1 aromatic carbocycles. The molecule has 0 saturated carbocycles. The van der Waals surface area contributed by atoms with Crippen LogP contribution in [0.15, 0.2) is 24.3 Å². The van der Waals surface area contributed by atoms with Gasteiger partial charge >= 0.3 is 6.18 Å². The van der Waals surface area contributed by atoms with Gasteiger partial charge in [0.15, 0.2) is 0 Å². The van der Waals surface area contributed by atoms with Crippen LogP contribution in [-0.4, -0.2) is 19.3 Å². The summed E-state index contributed by atoms with van der Waals surface area (Å²) in [5, 5.41) is 8.79. The van der Waals surface area contributed by atoms with Crippen LogP contribution in [0.2, 0.25) is 0 Å². The molecule has 2 rings (SSSR count). The van der Waals surface area contributed by atoms with Crippen molar-refractivity contribution in [3.05, 3.63) is 29.8 Å². The van der Waals surface area contributed by atoms with Crippen LogP contribution in [0.25, 0.3) is 0 Å². The van der Waals surface area contributed by atoms with E-state index < -0.39 is 12.1 Å². The molecule has 0 aliphatic carbocycles. The highest BCUT2D eigenvalue weighted by atomic mass is 19.4. The third kappa shape index (κ3) is 2.76. The molecule has 0 spiro atoms. The van der Waals surface area contributed by atoms with Gasteiger partial charge < -0.3 is 4.90 Å². The first-order chi connectivity index (χ1) is 8.50. The van der Waals surface area contributed by atoms with Gasteiger partial charge in [-0.25, -0.2) is 0 Å². The fourth-order valence-electron chi connectivity index (χ4n) is 2.24. The van der Waals surface area contributed by atoms with Gasteiger partial charge in [0.1, 0.15) is 0 Å². The number of anilines is 1. The quantitative estimate of drug-likeness (QED) is 0.768. The van der Waals surface area contributed by atoms with Gasteiger partial charge in [-0.15, -0.1) is 0 Å². The Morgan fingerprint density at radius 1 is 1.22 bits per heavy atom. The summed E-state index contributed by atoms with van der Waals surface area (Å²) in [6.45, 7) is 0.776. The second kappa shape index (κ2) is 4.89. The number of halogens is 3. The molecule has 2 nitrogen and oxygen atoms in total. The molecule has 5 heteroatoms. The summed E-state index contributed by atoms with van der Waals surface area (Å²) in [6.07, 6.45) is -3.83. The lowest BCUT2D eigenvalue weighted by molar-refractivity contribution is -0.179. The Bertz CT molecular complexity index is 454. The maximum Gasteiger partial charge on any atom is 0.391 e. The van der Waals surface area contributed by atoms with Gasteiger partial charge in [-0.2, -0.15) is 18.4 Å². The van der Waals surface area contributed by atoms with Crippen LogP contribution in [0.5, 0.6) is 0 Å². The van der Waals surface area contributed by atoms with Crippen molar-refractivity contribution in [1.29, 1.82) is 5.26 Å². The van der Waals surface area contributed by atoms with Crippen LogP contribution in [0.4, 0.5) is 18.9 Å². The van der Waals surface area contributed by atoms with Gasteiger partial charge in [-0.3, -0.25) is 0 Å². The first-order valence-electron chi connectivity index (χ1n) is 5.82. The van der Waals surface area contributed by atoms with E-state index in [1.807, 2.05) is 17.0 Å². The zero-order valence-electron chi connectivity index (χ0n) is 9.74. The Morgan fingerprint density at radius 3 is 2.44 bits per heavy atom. The lowest BCUT2D eigenvalue weighted by Crippen LogP contribution is -2.39. The molecule has 1 saturated heterocycles. The number of hydrogen-bond donors (Lipinski definition) is 0. The maximum atomic E-state index is 12.5. The van der Waals surface area contributed by atoms with Gasteiger partial charge in [0, 0.05) is 18.8 Å². The van der Waals surface area contributed by atoms with E-state index in [4.69, 9.17) is 5.26 Å². The standard InChI is InChI=1S/C13H13F3N2/c14-13(15,16)11-4-6-18(7-5-11)12-3-1-2-10(8-12)9-17/h1-3,8,11H,4-7H2. The first kappa shape index (κ1) is 12.7. The van der Waals surface area contributed by atoms with Gasteiger partial charge in [0.2, 0.25) is 0 Å². The molecule has 0 bridgehead atoms. The first-order valence-corrected chi connectivity index (χ1v) is 5.82. The molecule has 0 unspecified atom stereocenters. The van der Waals surface area contributed by atoms with Crippen molar-refractivity contribution in [2.24, 2.45) is 5.92 Å². The molecule has 1 aliphatic rings. The van der Waals surface area contributed by atoms with Crippen molar-refractivity contribution in [2.45, 2.75) is 19.0 Å². The van der Waals surface area contributed by atoms with Crippen molar-refractivity contribution >= 4 is 5.69 Å². The number of rotatable bonds is 1. The highest BCUT2D eigenvalue weighted by Gasteiger charge is 2.41. The summed E-state index contributed by atoms with van der Waals surface area (Å²) in [4.78, 5) is 1.91. The van der Waals surface area contributed by atoms with E-state index in [1.165, 1.54) is 0 Å². The molecule has 0 radical (unpaired) electrons. The molecule has 18 heavy (non-hydrogen) atoms. The molecule has 0 aromatic heterocycles. The summed E-state index contributed by atoms with van der Waals surface area (Å²) < 4.78 is 37.6. The van der Waals surface area contributed by atoms with E-state index in [1.54, 1.807) is 18.2 Å². The molecule has 1 fully saturated rings. The van der Waals surface area contributed by atoms with Crippen LogP contribution in [-0.2, 0) is 0 Å². The molecule has 1 heterocycles. The summed E-state index contributed by atoms with van der Waals surface area (Å²) in [6, 6.07) is 9.02. The van der Waals surface area contributed by atoms with Crippen molar-refractivity contribution in [1.82, 2.24) is 0 Å². The van der Waals surface area contributed by atoms with Crippen molar-refractivity contribution < 1.29 is 13.2 Å². The topological polar surface area (TPSA) is 27.0 Å². The zero-order valence-corrected chi connectivity index (χ0v) is 9.74. The number of nitriles is 1. The Kier molecular flexibility index (Phi) is 3.46. The van der Waals surface area contributed by atoms with Crippen molar-refractivity contribution in [3.63, 3.8) is 0 Å². The van der Waals surface area contributed by atoms with Crippen LogP contribution < -0.4 is 4.90 Å². The highest BCUT2D eigenvalue weighted by Crippen LogP contribution is 2.35. The minimum absolute atomic E-state index is 0.125. The molecular weight excluding hydrogens is 241 g/mol. The van der Waals surface area contributed by atoms with Gasteiger partial charge in [0.05, 0.1) is 17.6 Å². The molecule has 0 atom stereocenters. The summed E-state index contributed by atoms with van der Waals surface area (Å²) in [5.74, 6) is -1.19. The fraction of sp³-hybridized carbons (Fsp3) is 0.462. The second-order valence-corrected chi connectivity index (χ2v) is 4.47. The van der Waals surface area contributed by atoms with E-state index >= 15 is 0 Å². The Balaban J connectivity index is 2.04. The lowest BCUT2D eigenvalue weighted by Gasteiger charge is -2.34. The average molecular weight is 254 g/mol. The summed E-state index contributed by atoms with van der Waals surface area (Å²) >= 11 is 0. The third-order valence-corrected chi connectivity index (χ3v) is 3.30. The molecule has 96 valence electrons. The number of nitrogens with zero attached hydrogens (tertiary/aromatic N) is 2. The predicted octanol–water partition coefficient (Wildman–Crippen LogP) is 3.34. The Labute approximate surface area is 104 Å². The van der Waals surface area contributed by atoms with Crippen molar-refractivity contribution in [3.8, 4) is 6.07 Å². The minimum atomic E-state index is -4.08. The van der Waals surface area contributed by atoms with Crippen molar-refractivity contribution in [2.75, 3.05) is 18.0 Å². The third-order valence-electron chi connectivity index (χ3n) is 3.30. The molecular formula is C13H13F3N2. The normalized spacial score (nSPS) is 17.6. The SMILES string of the molecule is N#Cc1cccc(N2CCC(C(F)(F)F)CC2)c1. The largest absolute Gasteiger partial charge is 0.391 e. The summed E-state index contributed by atoms with van der Waals surface area (Å²) in [5.41, 5.74) is 1.36. The monoisotopic (exact) mass is 254 g/mol. The molecule has 1 aliphatic heterocycles. The fourth-order valence-corrected chi connectivity index (χ4v) is 2.24. The molecule has 1 aromatic rings. The smallest absolute Gasteiger partial charge is 0.371 e. The Morgan fingerprint density at radius 2 is 1.89 bits per heavy atom. The maximum absolute atomic E-state index is 12.5. The van der Waals surface area contributed by atoms with Gasteiger partial charge in [-0.05, 0) is 31.0 Å². The zero-order chi connectivity index (χ0) is 13.2. The van der Waals surface area contributed by atoms with E-state index in [0.29, 0.717) is 18.7 Å². The van der Waals surface area contributed by atoms with E-state index in [2.05, 4.69) is 0 Å². The highest BCUT2D eigenvalue weighted by molar-refractivity contribution is 5.51. The number of alkyl halides is 3. The minimum Gasteiger partial charge on any atom is -0.371 e. The number of benzene rings is 1. The average Bonchev–Trinajstić information content (AvgIpc) is 2.38. The predicted molar refractivity (Wildman–Crippen MR) is 62.1 cm³/mol. The second-order valence-electron chi connectivity index (χ2n) is 4.47. The molecule has 0 amide bonds. The van der Waals surface area contributed by atoms with Crippen LogP contribution in [0, 0.1) is 17.2 Å². The van der Waals surface area contributed by atoms with E-state index in [-0.39, 0.29) is 12.8 Å². The van der Waals surface area contributed by atoms with Crippen LogP contribution >= 0.6 is 0 Å². The number of hydrogen-bond acceptors (Lipinski definition) is 2. The Hall–Kier alpha value is -1.70. The van der Waals surface area contributed by atoms with E-state index in [9.17, 15) is 13.2 Å². The number of piperidine rings is 1.